The van der Waals surface area contributed by atoms with Crippen molar-refractivity contribution in [1.29, 1.82) is 0 Å². The Morgan fingerprint density at radius 2 is 2.12 bits per heavy atom. The number of hydrogen-bond donors (Lipinski definition) is 2. The lowest BCUT2D eigenvalue weighted by atomic mass is 10.2. The Hall–Kier alpha value is -2.01. The zero-order chi connectivity index (χ0) is 12.3. The van der Waals surface area contributed by atoms with E-state index in [4.69, 9.17) is 21.1 Å². The van der Waals surface area contributed by atoms with Gasteiger partial charge in [-0.15, -0.1) is 0 Å². The number of halogens is 1. The van der Waals surface area contributed by atoms with Crippen molar-refractivity contribution in [3.05, 3.63) is 46.8 Å². The van der Waals surface area contributed by atoms with Gasteiger partial charge in [0, 0.05) is 11.6 Å². The predicted octanol–water partition coefficient (Wildman–Crippen LogP) is 2.64. The number of carboxylic acids is 1. The van der Waals surface area contributed by atoms with E-state index in [1.807, 2.05) is 12.1 Å². The smallest absolute Gasteiger partial charge is 0.357 e. The van der Waals surface area contributed by atoms with Gasteiger partial charge in [-0.05, 0) is 17.7 Å². The summed E-state index contributed by atoms with van der Waals surface area (Å²) in [7, 11) is 0. The molecule has 0 saturated heterocycles. The molecule has 0 aliphatic heterocycles. The number of aromatic carboxylic acids is 1. The van der Waals surface area contributed by atoms with E-state index in [9.17, 15) is 4.79 Å². The molecule has 0 aliphatic rings. The number of benzene rings is 1. The molecule has 2 N–H and O–H groups in total. The van der Waals surface area contributed by atoms with Crippen LogP contribution in [-0.4, -0.2) is 16.1 Å². The number of carboxylic acid groups (broad SMARTS) is 1. The number of hydrogen-bond acceptors (Lipinski definition) is 4. The highest BCUT2D eigenvalue weighted by Gasteiger charge is 2.09. The Balaban J connectivity index is 1.97. The fourth-order valence-corrected chi connectivity index (χ4v) is 1.36. The first-order valence-corrected chi connectivity index (χ1v) is 5.20. The van der Waals surface area contributed by atoms with E-state index in [1.54, 1.807) is 12.1 Å². The monoisotopic (exact) mass is 252 g/mol. The molecule has 0 amide bonds. The minimum absolute atomic E-state index is 0.122. The summed E-state index contributed by atoms with van der Waals surface area (Å²) < 4.78 is 4.94. The van der Waals surface area contributed by atoms with Gasteiger partial charge in [-0.3, -0.25) is 0 Å². The molecule has 0 radical (unpaired) electrons. The fraction of sp³-hybridized carbons (Fsp3) is 0.0909. The van der Waals surface area contributed by atoms with Crippen LogP contribution in [0.5, 0.6) is 0 Å². The van der Waals surface area contributed by atoms with Crippen molar-refractivity contribution in [3.8, 4) is 0 Å². The van der Waals surface area contributed by atoms with Crippen LogP contribution in [0.2, 0.25) is 5.02 Å². The highest BCUT2D eigenvalue weighted by molar-refractivity contribution is 6.30. The maximum Gasteiger partial charge on any atom is 0.357 e. The number of carbonyl (C=O) groups is 1. The predicted molar refractivity (Wildman–Crippen MR) is 62.2 cm³/mol. The first-order chi connectivity index (χ1) is 8.15. The van der Waals surface area contributed by atoms with Crippen LogP contribution in [0, 0.1) is 0 Å². The van der Waals surface area contributed by atoms with Crippen molar-refractivity contribution in [1.82, 2.24) is 4.98 Å². The van der Waals surface area contributed by atoms with Gasteiger partial charge in [0.15, 0.2) is 5.69 Å². The molecule has 6 heteroatoms. The lowest BCUT2D eigenvalue weighted by Crippen LogP contribution is -2.01. The summed E-state index contributed by atoms with van der Waals surface area (Å²) in [5, 5.41) is 12.2. The van der Waals surface area contributed by atoms with Crippen molar-refractivity contribution in [3.63, 3.8) is 0 Å². The van der Waals surface area contributed by atoms with Crippen LogP contribution >= 0.6 is 11.6 Å². The van der Waals surface area contributed by atoms with Gasteiger partial charge in [-0.2, -0.15) is 4.98 Å². The van der Waals surface area contributed by atoms with Crippen molar-refractivity contribution in [2.24, 2.45) is 0 Å². The molecule has 0 unspecified atom stereocenters. The molecule has 2 rings (SSSR count). The third kappa shape index (κ3) is 2.98. The molecule has 0 spiro atoms. The average Bonchev–Trinajstić information content (AvgIpc) is 2.77. The molecule has 0 aliphatic carbocycles. The standard InChI is InChI=1S/C11H9ClN2O3/c12-8-3-1-7(2-4-8)5-13-11-14-9(6-17-11)10(15)16/h1-4,6H,5H2,(H,13,14)(H,15,16). The van der Waals surface area contributed by atoms with Gasteiger partial charge in [0.05, 0.1) is 0 Å². The molecule has 0 fully saturated rings. The quantitative estimate of drug-likeness (QED) is 0.875. The number of nitrogens with zero attached hydrogens (tertiary/aromatic N) is 1. The number of aromatic nitrogens is 1. The number of oxazole rings is 1. The van der Waals surface area contributed by atoms with Crippen LogP contribution in [-0.2, 0) is 6.54 Å². The molecule has 17 heavy (non-hydrogen) atoms. The van der Waals surface area contributed by atoms with E-state index < -0.39 is 5.97 Å². The van der Waals surface area contributed by atoms with Crippen LogP contribution in [0.4, 0.5) is 6.01 Å². The van der Waals surface area contributed by atoms with E-state index >= 15 is 0 Å². The van der Waals surface area contributed by atoms with Crippen LogP contribution in [0.15, 0.2) is 34.9 Å². The Morgan fingerprint density at radius 3 is 2.71 bits per heavy atom. The van der Waals surface area contributed by atoms with Gasteiger partial charge in [-0.1, -0.05) is 23.7 Å². The SMILES string of the molecule is O=C(O)c1coc(NCc2ccc(Cl)cc2)n1. The van der Waals surface area contributed by atoms with Crippen molar-refractivity contribution < 1.29 is 14.3 Å². The van der Waals surface area contributed by atoms with Gasteiger partial charge in [-0.25, -0.2) is 4.79 Å². The van der Waals surface area contributed by atoms with Gasteiger partial charge in [0.25, 0.3) is 6.01 Å². The Morgan fingerprint density at radius 1 is 1.41 bits per heavy atom. The number of anilines is 1. The molecule has 0 bridgehead atoms. The largest absolute Gasteiger partial charge is 0.476 e. The second kappa shape index (κ2) is 4.88. The molecule has 0 saturated carbocycles. The van der Waals surface area contributed by atoms with Crippen LogP contribution < -0.4 is 5.32 Å². The zero-order valence-corrected chi connectivity index (χ0v) is 9.44. The summed E-state index contributed by atoms with van der Waals surface area (Å²) in [6.07, 6.45) is 1.09. The maximum absolute atomic E-state index is 10.6. The van der Waals surface area contributed by atoms with E-state index in [0.29, 0.717) is 11.6 Å². The number of rotatable bonds is 4. The lowest BCUT2D eigenvalue weighted by molar-refractivity contribution is 0.0690. The second-order valence-corrected chi connectivity index (χ2v) is 3.76. The lowest BCUT2D eigenvalue weighted by Gasteiger charge is -2.01. The van der Waals surface area contributed by atoms with Gasteiger partial charge >= 0.3 is 5.97 Å². The number of nitrogens with one attached hydrogen (secondary N) is 1. The topological polar surface area (TPSA) is 75.4 Å². The Bertz CT molecular complexity index is 522. The van der Waals surface area contributed by atoms with Crippen molar-refractivity contribution in [2.45, 2.75) is 6.54 Å². The summed E-state index contributed by atoms with van der Waals surface area (Å²) in [6.45, 7) is 0.483. The molecule has 0 atom stereocenters. The van der Waals surface area contributed by atoms with E-state index in [2.05, 4.69) is 10.3 Å². The average molecular weight is 253 g/mol. The first kappa shape index (κ1) is 11.5. The zero-order valence-electron chi connectivity index (χ0n) is 8.68. The third-order valence-corrected chi connectivity index (χ3v) is 2.33. The summed E-state index contributed by atoms with van der Waals surface area (Å²) in [4.78, 5) is 14.3. The van der Waals surface area contributed by atoms with Crippen LogP contribution in [0.1, 0.15) is 16.1 Å². The molecule has 2 aromatic rings. The van der Waals surface area contributed by atoms with E-state index in [-0.39, 0.29) is 11.7 Å². The first-order valence-electron chi connectivity index (χ1n) is 4.82. The van der Waals surface area contributed by atoms with Crippen molar-refractivity contribution >= 4 is 23.6 Å². The molecular weight excluding hydrogens is 244 g/mol. The van der Waals surface area contributed by atoms with E-state index in [0.717, 1.165) is 11.8 Å². The Labute approximate surface area is 102 Å². The summed E-state index contributed by atoms with van der Waals surface area (Å²) in [6, 6.07) is 7.44. The highest BCUT2D eigenvalue weighted by Crippen LogP contribution is 2.12. The summed E-state index contributed by atoms with van der Waals surface area (Å²) in [5.74, 6) is -1.12. The maximum atomic E-state index is 10.6. The third-order valence-electron chi connectivity index (χ3n) is 2.08. The molecule has 5 nitrogen and oxygen atoms in total. The molecular formula is C11H9ClN2O3. The second-order valence-electron chi connectivity index (χ2n) is 3.32. The van der Waals surface area contributed by atoms with Gasteiger partial charge in [0.1, 0.15) is 6.26 Å². The highest BCUT2D eigenvalue weighted by atomic mass is 35.5. The molecule has 1 aromatic carbocycles. The Kier molecular flexibility index (Phi) is 3.30. The van der Waals surface area contributed by atoms with Gasteiger partial charge < -0.3 is 14.8 Å². The minimum atomic E-state index is -1.12. The van der Waals surface area contributed by atoms with Crippen LogP contribution in [0.25, 0.3) is 0 Å². The fourth-order valence-electron chi connectivity index (χ4n) is 1.23. The summed E-state index contributed by atoms with van der Waals surface area (Å²) >= 11 is 5.75. The summed E-state index contributed by atoms with van der Waals surface area (Å²) in [5.41, 5.74) is 0.869. The normalized spacial score (nSPS) is 10.2. The van der Waals surface area contributed by atoms with Crippen LogP contribution in [0.3, 0.4) is 0 Å². The van der Waals surface area contributed by atoms with Gasteiger partial charge in [0.2, 0.25) is 0 Å². The van der Waals surface area contributed by atoms with Crippen molar-refractivity contribution in [2.75, 3.05) is 5.32 Å². The minimum Gasteiger partial charge on any atom is -0.476 e. The van der Waals surface area contributed by atoms with E-state index in [1.165, 1.54) is 0 Å². The molecule has 88 valence electrons. The molecule has 1 aromatic heterocycles. The molecule has 1 heterocycles.